The number of halogens is 3. The first kappa shape index (κ1) is 14.1. The lowest BCUT2D eigenvalue weighted by Gasteiger charge is -2.39. The van der Waals surface area contributed by atoms with Gasteiger partial charge >= 0.3 is 6.18 Å². The van der Waals surface area contributed by atoms with Gasteiger partial charge in [0.05, 0.1) is 5.92 Å². The van der Waals surface area contributed by atoms with Crippen LogP contribution in [-0.4, -0.2) is 36.2 Å². The van der Waals surface area contributed by atoms with E-state index >= 15 is 0 Å². The molecule has 1 aliphatic heterocycles. The van der Waals surface area contributed by atoms with E-state index in [9.17, 15) is 13.2 Å². The van der Waals surface area contributed by atoms with Crippen molar-refractivity contribution in [3.8, 4) is 0 Å². The van der Waals surface area contributed by atoms with E-state index in [-0.39, 0.29) is 30.3 Å². The van der Waals surface area contributed by atoms with E-state index < -0.39 is 12.1 Å². The lowest BCUT2D eigenvalue weighted by atomic mass is 9.86. The zero-order valence-electron chi connectivity index (χ0n) is 11.1. The van der Waals surface area contributed by atoms with Crippen LogP contribution in [0.3, 0.4) is 0 Å². The zero-order chi connectivity index (χ0) is 13.6. The summed E-state index contributed by atoms with van der Waals surface area (Å²) >= 11 is 0. The first-order chi connectivity index (χ1) is 8.22. The van der Waals surface area contributed by atoms with Gasteiger partial charge in [0.25, 0.3) is 0 Å². The Hall–Kier alpha value is -0.290. The summed E-state index contributed by atoms with van der Waals surface area (Å²) < 4.78 is 37.8. The quantitative estimate of drug-likeness (QED) is 0.789. The van der Waals surface area contributed by atoms with Gasteiger partial charge in [0.15, 0.2) is 0 Å². The van der Waals surface area contributed by atoms with Crippen LogP contribution < -0.4 is 5.73 Å². The molecule has 0 radical (unpaired) electrons. The van der Waals surface area contributed by atoms with Gasteiger partial charge in [0, 0.05) is 12.1 Å². The second-order valence-electron chi connectivity index (χ2n) is 6.47. The van der Waals surface area contributed by atoms with Crippen molar-refractivity contribution in [2.45, 2.75) is 57.8 Å². The molecular weight excluding hydrogens is 241 g/mol. The SMILES string of the molecule is CC1(C)CCC(N2CCC(C(F)(F)F)CC2)C1N. The Bertz CT molecular complexity index is 293. The van der Waals surface area contributed by atoms with Crippen LogP contribution in [-0.2, 0) is 0 Å². The highest BCUT2D eigenvalue weighted by atomic mass is 19.4. The number of nitrogens with two attached hydrogens (primary N) is 1. The molecule has 2 rings (SSSR count). The summed E-state index contributed by atoms with van der Waals surface area (Å²) in [5, 5.41) is 0. The number of alkyl halides is 3. The largest absolute Gasteiger partial charge is 0.391 e. The van der Waals surface area contributed by atoms with E-state index in [4.69, 9.17) is 5.73 Å². The number of likely N-dealkylation sites (tertiary alicyclic amines) is 1. The molecule has 1 aliphatic carbocycles. The van der Waals surface area contributed by atoms with E-state index in [0.717, 1.165) is 12.8 Å². The van der Waals surface area contributed by atoms with Gasteiger partial charge in [-0.05, 0) is 44.2 Å². The minimum Gasteiger partial charge on any atom is -0.326 e. The molecule has 5 heteroatoms. The van der Waals surface area contributed by atoms with E-state index in [2.05, 4.69) is 18.7 Å². The highest BCUT2D eigenvalue weighted by Crippen LogP contribution is 2.41. The fraction of sp³-hybridized carbons (Fsp3) is 1.00. The summed E-state index contributed by atoms with van der Waals surface area (Å²) in [4.78, 5) is 2.18. The Morgan fingerprint density at radius 3 is 2.06 bits per heavy atom. The van der Waals surface area contributed by atoms with Gasteiger partial charge in [0.1, 0.15) is 0 Å². The van der Waals surface area contributed by atoms with Crippen LogP contribution in [0.1, 0.15) is 39.5 Å². The first-order valence-corrected chi connectivity index (χ1v) is 6.78. The Labute approximate surface area is 107 Å². The minimum absolute atomic E-state index is 0.0833. The Morgan fingerprint density at radius 2 is 1.67 bits per heavy atom. The van der Waals surface area contributed by atoms with Gasteiger partial charge in [0.2, 0.25) is 0 Å². The monoisotopic (exact) mass is 264 g/mol. The fourth-order valence-corrected chi connectivity index (χ4v) is 3.36. The average Bonchev–Trinajstić information content (AvgIpc) is 2.53. The molecule has 0 amide bonds. The smallest absolute Gasteiger partial charge is 0.326 e. The molecule has 0 aromatic carbocycles. The predicted octanol–water partition coefficient (Wildman–Crippen LogP) is 2.78. The normalized spacial score (nSPS) is 35.0. The van der Waals surface area contributed by atoms with Crippen molar-refractivity contribution < 1.29 is 13.2 Å². The molecule has 1 saturated carbocycles. The van der Waals surface area contributed by atoms with E-state index in [1.807, 2.05) is 0 Å². The van der Waals surface area contributed by atoms with Crippen molar-refractivity contribution in [3.05, 3.63) is 0 Å². The molecule has 2 atom stereocenters. The lowest BCUT2D eigenvalue weighted by molar-refractivity contribution is -0.186. The molecule has 0 aromatic heterocycles. The molecule has 2 N–H and O–H groups in total. The maximum Gasteiger partial charge on any atom is 0.391 e. The van der Waals surface area contributed by atoms with Crippen LogP contribution in [0.15, 0.2) is 0 Å². The maximum absolute atomic E-state index is 12.6. The van der Waals surface area contributed by atoms with Gasteiger partial charge in [-0.2, -0.15) is 13.2 Å². The third kappa shape index (κ3) is 2.67. The van der Waals surface area contributed by atoms with Crippen LogP contribution in [0.25, 0.3) is 0 Å². The highest BCUT2D eigenvalue weighted by molar-refractivity contribution is 5.00. The van der Waals surface area contributed by atoms with Gasteiger partial charge in [-0.15, -0.1) is 0 Å². The number of nitrogens with zero attached hydrogens (tertiary/aromatic N) is 1. The Morgan fingerprint density at radius 1 is 1.11 bits per heavy atom. The Kier molecular flexibility index (Phi) is 3.67. The van der Waals surface area contributed by atoms with Crippen LogP contribution >= 0.6 is 0 Å². The van der Waals surface area contributed by atoms with E-state index in [0.29, 0.717) is 13.1 Å². The third-order valence-corrected chi connectivity index (χ3v) is 4.86. The highest BCUT2D eigenvalue weighted by Gasteiger charge is 2.46. The number of hydrogen-bond donors (Lipinski definition) is 1. The van der Waals surface area contributed by atoms with Gasteiger partial charge in [-0.3, -0.25) is 4.90 Å². The van der Waals surface area contributed by atoms with Crippen LogP contribution in [0.2, 0.25) is 0 Å². The van der Waals surface area contributed by atoms with Crippen molar-refractivity contribution in [1.82, 2.24) is 4.90 Å². The van der Waals surface area contributed by atoms with Crippen molar-refractivity contribution >= 4 is 0 Å². The Balaban J connectivity index is 1.91. The molecule has 0 aromatic rings. The van der Waals surface area contributed by atoms with Crippen molar-refractivity contribution in [2.75, 3.05) is 13.1 Å². The molecule has 1 heterocycles. The lowest BCUT2D eigenvalue weighted by Crippen LogP contribution is -2.52. The molecule has 1 saturated heterocycles. The fourth-order valence-electron chi connectivity index (χ4n) is 3.36. The topological polar surface area (TPSA) is 29.3 Å². The van der Waals surface area contributed by atoms with Crippen LogP contribution in [0, 0.1) is 11.3 Å². The molecule has 2 aliphatic rings. The molecule has 18 heavy (non-hydrogen) atoms. The molecule has 106 valence electrons. The van der Waals surface area contributed by atoms with Crippen molar-refractivity contribution in [3.63, 3.8) is 0 Å². The third-order valence-electron chi connectivity index (χ3n) is 4.86. The van der Waals surface area contributed by atoms with Crippen LogP contribution in [0.4, 0.5) is 13.2 Å². The summed E-state index contributed by atoms with van der Waals surface area (Å²) in [6.45, 7) is 5.39. The minimum atomic E-state index is -4.02. The summed E-state index contributed by atoms with van der Waals surface area (Å²) in [6, 6.07) is 0.356. The first-order valence-electron chi connectivity index (χ1n) is 6.78. The molecule has 2 unspecified atom stereocenters. The molecule has 2 fully saturated rings. The van der Waals surface area contributed by atoms with E-state index in [1.54, 1.807) is 0 Å². The van der Waals surface area contributed by atoms with Gasteiger partial charge in [-0.1, -0.05) is 13.8 Å². The molecule has 0 spiro atoms. The standard InChI is InChI=1S/C13H23F3N2/c1-12(2)6-3-10(11(12)17)18-7-4-9(5-8-18)13(14,15)16/h9-11H,3-8,17H2,1-2H3. The van der Waals surface area contributed by atoms with E-state index in [1.165, 1.54) is 0 Å². The number of hydrogen-bond acceptors (Lipinski definition) is 2. The molecular formula is C13H23F3N2. The van der Waals surface area contributed by atoms with Crippen molar-refractivity contribution in [1.29, 1.82) is 0 Å². The second-order valence-corrected chi connectivity index (χ2v) is 6.47. The molecule has 2 nitrogen and oxygen atoms in total. The summed E-state index contributed by atoms with van der Waals surface area (Å²) in [5.74, 6) is -1.11. The maximum atomic E-state index is 12.6. The zero-order valence-corrected chi connectivity index (χ0v) is 11.1. The van der Waals surface area contributed by atoms with Crippen LogP contribution in [0.5, 0.6) is 0 Å². The van der Waals surface area contributed by atoms with Crippen molar-refractivity contribution in [2.24, 2.45) is 17.1 Å². The summed E-state index contributed by atoms with van der Waals surface area (Å²) in [7, 11) is 0. The molecule has 0 bridgehead atoms. The van der Waals surface area contributed by atoms with Gasteiger partial charge < -0.3 is 5.73 Å². The number of piperidine rings is 1. The second kappa shape index (κ2) is 4.67. The predicted molar refractivity (Wildman–Crippen MR) is 65.1 cm³/mol. The van der Waals surface area contributed by atoms with Gasteiger partial charge in [-0.25, -0.2) is 0 Å². The summed E-state index contributed by atoms with van der Waals surface area (Å²) in [6.07, 6.45) is -1.48. The summed E-state index contributed by atoms with van der Waals surface area (Å²) in [5.41, 5.74) is 6.36. The number of rotatable bonds is 1. The average molecular weight is 264 g/mol.